The lowest BCUT2D eigenvalue weighted by Crippen LogP contribution is -2.13. The molecule has 0 N–H and O–H groups in total. The second-order valence-electron chi connectivity index (χ2n) is 5.99. The first kappa shape index (κ1) is 14.4. The molecule has 0 spiro atoms. The Balaban J connectivity index is 2.31. The summed E-state index contributed by atoms with van der Waals surface area (Å²) in [6.07, 6.45) is 1.36. The van der Waals surface area contributed by atoms with Crippen LogP contribution in [0.25, 0.3) is 0 Å². The van der Waals surface area contributed by atoms with Gasteiger partial charge in [0.1, 0.15) is 0 Å². The molecule has 19 heavy (non-hydrogen) atoms. The first-order valence-corrected chi connectivity index (χ1v) is 7.28. The van der Waals surface area contributed by atoms with Crippen LogP contribution < -0.4 is 9.47 Å². The highest BCUT2D eigenvalue weighted by Crippen LogP contribution is 2.36. The molecule has 1 aromatic rings. The van der Waals surface area contributed by atoms with Crippen LogP contribution in [0, 0.1) is 5.41 Å². The summed E-state index contributed by atoms with van der Waals surface area (Å²) in [6.45, 7) is 7.45. The van der Waals surface area contributed by atoms with Gasteiger partial charge in [0.15, 0.2) is 17.3 Å². The standard InChI is InChI=1S/C15H19BrO3/c1-15(2,3)9-12(17)10-7-13-14(8-11(10)16)19-6-4-5-18-13/h7-8H,4-6,9H2,1-3H3. The van der Waals surface area contributed by atoms with E-state index in [-0.39, 0.29) is 11.2 Å². The molecule has 1 heterocycles. The van der Waals surface area contributed by atoms with E-state index < -0.39 is 0 Å². The molecular weight excluding hydrogens is 308 g/mol. The fourth-order valence-corrected chi connectivity index (χ4v) is 2.52. The molecule has 0 saturated carbocycles. The normalized spacial score (nSPS) is 14.9. The maximum Gasteiger partial charge on any atom is 0.164 e. The van der Waals surface area contributed by atoms with Gasteiger partial charge in [0.2, 0.25) is 0 Å². The summed E-state index contributed by atoms with van der Waals surface area (Å²) in [5.74, 6) is 1.49. The molecule has 0 atom stereocenters. The molecule has 0 saturated heterocycles. The Labute approximate surface area is 122 Å². The van der Waals surface area contributed by atoms with Gasteiger partial charge in [-0.15, -0.1) is 0 Å². The summed E-state index contributed by atoms with van der Waals surface area (Å²) in [7, 11) is 0. The van der Waals surface area contributed by atoms with Crippen molar-refractivity contribution in [3.8, 4) is 11.5 Å². The van der Waals surface area contributed by atoms with Crippen molar-refractivity contribution in [3.63, 3.8) is 0 Å². The van der Waals surface area contributed by atoms with E-state index in [1.165, 1.54) is 0 Å². The molecule has 1 aliphatic rings. The van der Waals surface area contributed by atoms with Crippen molar-refractivity contribution in [2.75, 3.05) is 13.2 Å². The number of halogens is 1. The van der Waals surface area contributed by atoms with Crippen LogP contribution in [-0.4, -0.2) is 19.0 Å². The first-order valence-electron chi connectivity index (χ1n) is 6.49. The largest absolute Gasteiger partial charge is 0.490 e. The molecule has 0 unspecified atom stereocenters. The van der Waals surface area contributed by atoms with Gasteiger partial charge in [-0.1, -0.05) is 20.8 Å². The zero-order valence-corrected chi connectivity index (χ0v) is 13.2. The van der Waals surface area contributed by atoms with E-state index in [2.05, 4.69) is 36.7 Å². The third-order valence-corrected chi connectivity index (χ3v) is 3.48. The van der Waals surface area contributed by atoms with E-state index in [4.69, 9.17) is 9.47 Å². The monoisotopic (exact) mass is 326 g/mol. The zero-order valence-electron chi connectivity index (χ0n) is 11.6. The van der Waals surface area contributed by atoms with Crippen LogP contribution in [0.5, 0.6) is 11.5 Å². The van der Waals surface area contributed by atoms with Crippen LogP contribution in [0.1, 0.15) is 44.0 Å². The Morgan fingerprint density at radius 3 is 2.37 bits per heavy atom. The predicted molar refractivity (Wildman–Crippen MR) is 78.2 cm³/mol. The van der Waals surface area contributed by atoms with Crippen molar-refractivity contribution in [2.24, 2.45) is 5.41 Å². The molecular formula is C15H19BrO3. The maximum atomic E-state index is 12.3. The summed E-state index contributed by atoms with van der Waals surface area (Å²) in [4.78, 5) is 12.3. The number of carbonyl (C=O) groups is 1. The molecule has 4 heteroatoms. The Morgan fingerprint density at radius 2 is 1.79 bits per heavy atom. The summed E-state index contributed by atoms with van der Waals surface area (Å²) < 4.78 is 12.0. The number of rotatable bonds is 2. The SMILES string of the molecule is CC(C)(C)CC(=O)c1cc2c(cc1Br)OCCCO2. The fourth-order valence-electron chi connectivity index (χ4n) is 1.97. The molecule has 0 fully saturated rings. The molecule has 1 aliphatic heterocycles. The first-order chi connectivity index (χ1) is 8.87. The molecule has 104 valence electrons. The van der Waals surface area contributed by atoms with Crippen LogP contribution in [0.15, 0.2) is 16.6 Å². The fraction of sp³-hybridized carbons (Fsp3) is 0.533. The van der Waals surface area contributed by atoms with Gasteiger partial charge < -0.3 is 9.47 Å². The van der Waals surface area contributed by atoms with Crippen LogP contribution in [0.2, 0.25) is 0 Å². The van der Waals surface area contributed by atoms with Gasteiger partial charge in [0.05, 0.1) is 13.2 Å². The van der Waals surface area contributed by atoms with E-state index in [9.17, 15) is 4.79 Å². The van der Waals surface area contributed by atoms with Crippen LogP contribution in [0.3, 0.4) is 0 Å². The molecule has 0 amide bonds. The second kappa shape index (κ2) is 5.53. The van der Waals surface area contributed by atoms with Crippen molar-refractivity contribution in [3.05, 3.63) is 22.2 Å². The summed E-state index contributed by atoms with van der Waals surface area (Å²) in [6, 6.07) is 3.62. The number of carbonyl (C=O) groups excluding carboxylic acids is 1. The molecule has 0 aliphatic carbocycles. The van der Waals surface area contributed by atoms with E-state index in [1.54, 1.807) is 6.07 Å². The van der Waals surface area contributed by atoms with E-state index in [0.29, 0.717) is 36.7 Å². The highest BCUT2D eigenvalue weighted by molar-refractivity contribution is 9.10. The quantitative estimate of drug-likeness (QED) is 0.763. The number of hydrogen-bond acceptors (Lipinski definition) is 3. The van der Waals surface area contributed by atoms with Crippen molar-refractivity contribution < 1.29 is 14.3 Å². The third kappa shape index (κ3) is 3.72. The summed E-state index contributed by atoms with van der Waals surface area (Å²) >= 11 is 3.45. The molecule has 0 aromatic heterocycles. The Bertz CT molecular complexity index is 489. The van der Waals surface area contributed by atoms with Crippen molar-refractivity contribution in [1.82, 2.24) is 0 Å². The lowest BCUT2D eigenvalue weighted by atomic mass is 9.88. The molecule has 2 rings (SSSR count). The van der Waals surface area contributed by atoms with Gasteiger partial charge in [-0.25, -0.2) is 0 Å². The summed E-state index contributed by atoms with van der Waals surface area (Å²) in [5, 5.41) is 0. The van der Waals surface area contributed by atoms with Crippen molar-refractivity contribution in [2.45, 2.75) is 33.6 Å². The second-order valence-corrected chi connectivity index (χ2v) is 6.84. The van der Waals surface area contributed by atoms with E-state index in [0.717, 1.165) is 10.9 Å². The number of Topliss-reactive ketones (excluding diaryl/α,β-unsaturated/α-hetero) is 1. The number of fused-ring (bicyclic) bond motifs is 1. The molecule has 0 bridgehead atoms. The number of ether oxygens (including phenoxy) is 2. The van der Waals surface area contributed by atoms with Crippen molar-refractivity contribution >= 4 is 21.7 Å². The minimum atomic E-state index is -0.0271. The highest BCUT2D eigenvalue weighted by Gasteiger charge is 2.22. The van der Waals surface area contributed by atoms with Crippen LogP contribution >= 0.6 is 15.9 Å². The van der Waals surface area contributed by atoms with Gasteiger partial charge in [0.25, 0.3) is 0 Å². The highest BCUT2D eigenvalue weighted by atomic mass is 79.9. The van der Waals surface area contributed by atoms with E-state index in [1.807, 2.05) is 6.07 Å². The van der Waals surface area contributed by atoms with Crippen LogP contribution in [-0.2, 0) is 0 Å². The Morgan fingerprint density at radius 1 is 1.21 bits per heavy atom. The summed E-state index contributed by atoms with van der Waals surface area (Å²) in [5.41, 5.74) is 0.639. The van der Waals surface area contributed by atoms with Gasteiger partial charge >= 0.3 is 0 Å². The van der Waals surface area contributed by atoms with Crippen LogP contribution in [0.4, 0.5) is 0 Å². The lowest BCUT2D eigenvalue weighted by Gasteiger charge is -2.18. The maximum absolute atomic E-state index is 12.3. The smallest absolute Gasteiger partial charge is 0.164 e. The molecule has 3 nitrogen and oxygen atoms in total. The van der Waals surface area contributed by atoms with Gasteiger partial charge in [0, 0.05) is 22.9 Å². The number of hydrogen-bond donors (Lipinski definition) is 0. The number of benzene rings is 1. The third-order valence-electron chi connectivity index (χ3n) is 2.83. The number of ketones is 1. The predicted octanol–water partition coefficient (Wildman–Crippen LogP) is 4.23. The van der Waals surface area contributed by atoms with E-state index >= 15 is 0 Å². The minimum Gasteiger partial charge on any atom is -0.490 e. The Kier molecular flexibility index (Phi) is 4.19. The lowest BCUT2D eigenvalue weighted by molar-refractivity contribution is 0.0938. The molecule has 0 radical (unpaired) electrons. The zero-order chi connectivity index (χ0) is 14.0. The van der Waals surface area contributed by atoms with Crippen molar-refractivity contribution in [1.29, 1.82) is 0 Å². The van der Waals surface area contributed by atoms with Gasteiger partial charge in [-0.2, -0.15) is 0 Å². The van der Waals surface area contributed by atoms with Gasteiger partial charge in [-0.3, -0.25) is 4.79 Å². The average molecular weight is 327 g/mol. The minimum absolute atomic E-state index is 0.0271. The topological polar surface area (TPSA) is 35.5 Å². The molecule has 1 aromatic carbocycles. The average Bonchev–Trinajstić information content (AvgIpc) is 2.50. The van der Waals surface area contributed by atoms with Gasteiger partial charge in [-0.05, 0) is 33.5 Å². The Hall–Kier alpha value is -1.03.